The molecule has 4 aliphatic rings. The molecule has 6 rings (SSSR count). The summed E-state index contributed by atoms with van der Waals surface area (Å²) in [5.74, 6) is -0.769. The van der Waals surface area contributed by atoms with Gasteiger partial charge >= 0.3 is 0 Å². The van der Waals surface area contributed by atoms with E-state index in [2.05, 4.69) is 10.3 Å². The molecule has 2 aromatic rings. The van der Waals surface area contributed by atoms with E-state index in [1.807, 2.05) is 19.9 Å². The second kappa shape index (κ2) is 7.46. The van der Waals surface area contributed by atoms with Crippen LogP contribution in [0.2, 0.25) is 0 Å². The standard InChI is InChI=1S/C25H27FN4O5/c1-24(2)8-6-13-10-14(11-16(26)20(13)24)27-22(32)21-15-4-5-18(34-3)28-17(15)7-9-29(21)23(33)25-12-19(31)30(25)35-25/h4-5,10-11,19,21,31H,6-9,12H2,1-3H3,(H,27,32)/t19?,21-,25?,30?/m0/s1. The lowest BCUT2D eigenvalue weighted by atomic mass is 9.86. The van der Waals surface area contributed by atoms with Crippen LogP contribution in [0.1, 0.15) is 55.1 Å². The largest absolute Gasteiger partial charge is 0.481 e. The Bertz CT molecular complexity index is 1270. The summed E-state index contributed by atoms with van der Waals surface area (Å²) < 4.78 is 20.3. The molecule has 0 saturated carbocycles. The van der Waals surface area contributed by atoms with E-state index in [1.165, 1.54) is 23.1 Å². The van der Waals surface area contributed by atoms with Crippen molar-refractivity contribution in [3.63, 3.8) is 0 Å². The van der Waals surface area contributed by atoms with Crippen molar-refractivity contribution in [3.8, 4) is 5.88 Å². The summed E-state index contributed by atoms with van der Waals surface area (Å²) in [5, 5.41) is 13.9. The van der Waals surface area contributed by atoms with Crippen LogP contribution in [0.25, 0.3) is 0 Å². The van der Waals surface area contributed by atoms with Gasteiger partial charge in [-0.05, 0) is 47.6 Å². The first kappa shape index (κ1) is 22.4. The quantitative estimate of drug-likeness (QED) is 0.644. The number of rotatable bonds is 4. The molecule has 184 valence electrons. The molecule has 10 heteroatoms. The van der Waals surface area contributed by atoms with Crippen LogP contribution >= 0.6 is 0 Å². The number of benzene rings is 1. The first-order valence-electron chi connectivity index (χ1n) is 11.8. The Morgan fingerprint density at radius 2 is 2.09 bits per heavy atom. The number of aliphatic hydroxyl groups excluding tert-OH is 1. The van der Waals surface area contributed by atoms with Crippen molar-refractivity contribution in [1.82, 2.24) is 14.9 Å². The topological polar surface area (TPSA) is 107 Å². The number of methoxy groups -OCH3 is 1. The van der Waals surface area contributed by atoms with Gasteiger partial charge in [-0.3, -0.25) is 14.4 Å². The molecular weight excluding hydrogens is 455 g/mol. The normalized spacial score (nSPS) is 29.4. The first-order chi connectivity index (χ1) is 16.6. The Labute approximate surface area is 201 Å². The van der Waals surface area contributed by atoms with Gasteiger partial charge in [-0.1, -0.05) is 13.8 Å². The van der Waals surface area contributed by atoms with Crippen molar-refractivity contribution >= 4 is 17.5 Å². The average Bonchev–Trinajstić information content (AvgIpc) is 3.34. The number of carbonyl (C=O) groups excluding carboxylic acids is 2. The van der Waals surface area contributed by atoms with Gasteiger partial charge in [-0.15, -0.1) is 5.06 Å². The van der Waals surface area contributed by atoms with Gasteiger partial charge in [-0.25, -0.2) is 9.37 Å². The van der Waals surface area contributed by atoms with Crippen LogP contribution in [0.3, 0.4) is 0 Å². The van der Waals surface area contributed by atoms with Crippen molar-refractivity contribution < 1.29 is 28.7 Å². The number of pyridine rings is 1. The van der Waals surface area contributed by atoms with Gasteiger partial charge in [0.1, 0.15) is 18.1 Å². The summed E-state index contributed by atoms with van der Waals surface area (Å²) in [6.07, 6.45) is 1.33. The molecule has 35 heavy (non-hydrogen) atoms. The van der Waals surface area contributed by atoms with Crippen LogP contribution in [-0.4, -0.2) is 57.5 Å². The van der Waals surface area contributed by atoms with Crippen molar-refractivity contribution in [2.45, 2.75) is 62.9 Å². The number of halogens is 1. The minimum absolute atomic E-state index is 0.149. The number of aliphatic hydroxyl groups is 1. The third kappa shape index (κ3) is 3.27. The zero-order valence-corrected chi connectivity index (χ0v) is 19.8. The van der Waals surface area contributed by atoms with E-state index in [1.54, 1.807) is 12.1 Å². The Balaban J connectivity index is 1.33. The Morgan fingerprint density at radius 1 is 1.29 bits per heavy atom. The third-order valence-corrected chi connectivity index (χ3v) is 7.67. The zero-order chi connectivity index (χ0) is 24.7. The number of amides is 2. The minimum Gasteiger partial charge on any atom is -0.481 e. The predicted octanol–water partition coefficient (Wildman–Crippen LogP) is 2.18. The number of hydroxylamine groups is 2. The van der Waals surface area contributed by atoms with Crippen molar-refractivity contribution in [3.05, 3.63) is 52.5 Å². The lowest BCUT2D eigenvalue weighted by Crippen LogP contribution is -2.57. The van der Waals surface area contributed by atoms with Gasteiger partial charge in [0.05, 0.1) is 12.8 Å². The summed E-state index contributed by atoms with van der Waals surface area (Å²) in [5.41, 5.74) is 1.72. The van der Waals surface area contributed by atoms with Crippen LogP contribution in [0.4, 0.5) is 10.1 Å². The van der Waals surface area contributed by atoms with Gasteiger partial charge in [0.25, 0.3) is 11.8 Å². The van der Waals surface area contributed by atoms with Gasteiger partial charge in [-0.2, -0.15) is 0 Å². The predicted molar refractivity (Wildman–Crippen MR) is 122 cm³/mol. The number of fused-ring (bicyclic) bond motifs is 3. The molecule has 1 aliphatic carbocycles. The highest BCUT2D eigenvalue weighted by molar-refractivity contribution is 6.00. The maximum absolute atomic E-state index is 15.0. The highest BCUT2D eigenvalue weighted by Gasteiger charge is 2.75. The van der Waals surface area contributed by atoms with Crippen LogP contribution in [0.5, 0.6) is 5.88 Å². The van der Waals surface area contributed by atoms with Crippen molar-refractivity contribution in [1.29, 1.82) is 0 Å². The molecule has 3 unspecified atom stereocenters. The Hall–Kier alpha value is -3.08. The number of nitrogens with zero attached hydrogens (tertiary/aromatic N) is 3. The van der Waals surface area contributed by atoms with Crippen LogP contribution in [0.15, 0.2) is 24.3 Å². The first-order valence-corrected chi connectivity index (χ1v) is 11.8. The monoisotopic (exact) mass is 482 g/mol. The molecule has 4 atom stereocenters. The summed E-state index contributed by atoms with van der Waals surface area (Å²) in [6, 6.07) is 5.56. The van der Waals surface area contributed by atoms with Crippen molar-refractivity contribution in [2.75, 3.05) is 19.0 Å². The highest BCUT2D eigenvalue weighted by atomic mass is 19.1. The van der Waals surface area contributed by atoms with Crippen molar-refractivity contribution in [2.24, 2.45) is 0 Å². The van der Waals surface area contributed by atoms with E-state index in [0.29, 0.717) is 34.8 Å². The zero-order valence-electron chi connectivity index (χ0n) is 19.8. The number of anilines is 1. The Kier molecular flexibility index (Phi) is 4.77. The van der Waals surface area contributed by atoms with E-state index < -0.39 is 23.9 Å². The molecule has 9 nitrogen and oxygen atoms in total. The molecule has 0 radical (unpaired) electrons. The smallest absolute Gasteiger partial charge is 0.275 e. The van der Waals surface area contributed by atoms with Crippen LogP contribution < -0.4 is 10.1 Å². The summed E-state index contributed by atoms with van der Waals surface area (Å²) in [6.45, 7) is 4.28. The molecule has 2 N–H and O–H groups in total. The number of ether oxygens (including phenoxy) is 1. The number of hydrogen-bond acceptors (Lipinski definition) is 7. The molecule has 2 amide bonds. The summed E-state index contributed by atoms with van der Waals surface area (Å²) in [7, 11) is 1.52. The number of aromatic nitrogens is 1. The van der Waals surface area contributed by atoms with E-state index in [9.17, 15) is 14.7 Å². The molecule has 4 heterocycles. The molecule has 0 spiro atoms. The number of aryl methyl sites for hydroxylation is 1. The second-order valence-corrected chi connectivity index (χ2v) is 10.3. The molecule has 1 aromatic carbocycles. The van der Waals surface area contributed by atoms with Gasteiger partial charge in [0, 0.05) is 36.7 Å². The number of carbonyl (C=O) groups is 2. The fraction of sp³-hybridized carbons (Fsp3) is 0.480. The lowest BCUT2D eigenvalue weighted by Gasteiger charge is -2.38. The molecule has 1 aromatic heterocycles. The fourth-order valence-corrected chi connectivity index (χ4v) is 5.79. The number of hydrogen-bond donors (Lipinski definition) is 2. The van der Waals surface area contributed by atoms with Crippen LogP contribution in [-0.2, 0) is 32.7 Å². The molecule has 0 bridgehead atoms. The maximum Gasteiger partial charge on any atom is 0.275 e. The average molecular weight is 483 g/mol. The second-order valence-electron chi connectivity index (χ2n) is 10.3. The van der Waals surface area contributed by atoms with Gasteiger partial charge in [0.15, 0.2) is 0 Å². The third-order valence-electron chi connectivity index (χ3n) is 7.67. The van der Waals surface area contributed by atoms with E-state index >= 15 is 4.39 Å². The van der Waals surface area contributed by atoms with E-state index in [-0.39, 0.29) is 30.1 Å². The van der Waals surface area contributed by atoms with E-state index in [0.717, 1.165) is 18.4 Å². The van der Waals surface area contributed by atoms with E-state index in [4.69, 9.17) is 9.57 Å². The highest BCUT2D eigenvalue weighted by Crippen LogP contribution is 2.53. The minimum atomic E-state index is -1.21. The lowest BCUT2D eigenvalue weighted by molar-refractivity contribution is -0.151. The van der Waals surface area contributed by atoms with Gasteiger partial charge in [0.2, 0.25) is 11.6 Å². The number of nitrogens with one attached hydrogen (secondary N) is 1. The molecule has 2 saturated heterocycles. The summed E-state index contributed by atoms with van der Waals surface area (Å²) >= 11 is 0. The molecule has 2 fully saturated rings. The Morgan fingerprint density at radius 3 is 2.77 bits per heavy atom. The maximum atomic E-state index is 15.0. The van der Waals surface area contributed by atoms with Gasteiger partial charge < -0.3 is 20.1 Å². The van der Waals surface area contributed by atoms with Crippen LogP contribution in [0, 0.1) is 5.82 Å². The molecular formula is C25H27FN4O5. The SMILES string of the molecule is COc1ccc2c(n1)CCN(C(=O)C13CC(O)N1O3)[C@@H]2C(=O)Nc1cc(F)c2c(c1)CCC2(C)C. The molecule has 3 aliphatic heterocycles. The summed E-state index contributed by atoms with van der Waals surface area (Å²) in [4.78, 5) is 38.4. The fourth-order valence-electron chi connectivity index (χ4n) is 5.79.